The number of ether oxygens (including phenoxy) is 1. The fraction of sp³-hybridized carbons (Fsp3) is 0.263. The van der Waals surface area contributed by atoms with E-state index in [0.717, 1.165) is 24.4 Å². The molecule has 1 amide bonds. The Balaban J connectivity index is 1.41. The van der Waals surface area contributed by atoms with Gasteiger partial charge in [0.2, 0.25) is 11.8 Å². The molecule has 0 radical (unpaired) electrons. The van der Waals surface area contributed by atoms with Crippen LogP contribution in [0.4, 0.5) is 5.95 Å². The summed E-state index contributed by atoms with van der Waals surface area (Å²) in [5.74, 6) is 0.880. The normalized spacial score (nSPS) is 16.3. The monoisotopic (exact) mass is 364 g/mol. The molecular weight excluding hydrogens is 344 g/mol. The van der Waals surface area contributed by atoms with Crippen molar-refractivity contribution in [3.63, 3.8) is 0 Å². The zero-order chi connectivity index (χ0) is 18.6. The maximum atomic E-state index is 12.4. The molecule has 1 unspecified atom stereocenters. The number of hydrogen-bond donors (Lipinski definition) is 2. The number of carbonyl (C=O) groups excluding carboxylic acids is 1. The average Bonchev–Trinajstić information content (AvgIpc) is 3.40. The molecule has 4 rings (SSSR count). The topological polar surface area (TPSA) is 96.0 Å². The van der Waals surface area contributed by atoms with Crippen LogP contribution in [0, 0.1) is 0 Å². The molecule has 27 heavy (non-hydrogen) atoms. The van der Waals surface area contributed by atoms with E-state index in [0.29, 0.717) is 24.1 Å². The molecule has 0 spiro atoms. The number of amides is 1. The molecule has 4 heterocycles. The van der Waals surface area contributed by atoms with Gasteiger partial charge in [-0.3, -0.25) is 4.79 Å². The number of anilines is 1. The number of rotatable bonds is 5. The lowest BCUT2D eigenvalue weighted by atomic mass is 10.2. The number of aromatic nitrogens is 4. The van der Waals surface area contributed by atoms with E-state index in [1.807, 2.05) is 24.4 Å². The highest BCUT2D eigenvalue weighted by atomic mass is 16.5. The van der Waals surface area contributed by atoms with Crippen LogP contribution in [0.2, 0.25) is 0 Å². The zero-order valence-electron chi connectivity index (χ0n) is 14.9. The van der Waals surface area contributed by atoms with E-state index in [9.17, 15) is 4.79 Å². The third kappa shape index (κ3) is 3.74. The summed E-state index contributed by atoms with van der Waals surface area (Å²) >= 11 is 0. The van der Waals surface area contributed by atoms with E-state index in [1.165, 1.54) is 7.11 Å². The summed E-state index contributed by atoms with van der Waals surface area (Å²) < 4.78 is 5.07. The molecule has 1 fully saturated rings. The van der Waals surface area contributed by atoms with E-state index >= 15 is 0 Å². The van der Waals surface area contributed by atoms with Crippen LogP contribution >= 0.6 is 0 Å². The molecular formula is C19H20N6O2. The summed E-state index contributed by atoms with van der Waals surface area (Å²) in [7, 11) is 1.53. The maximum absolute atomic E-state index is 12.4. The number of H-pyrrole nitrogens is 1. The van der Waals surface area contributed by atoms with Gasteiger partial charge in [-0.1, -0.05) is 6.07 Å². The van der Waals surface area contributed by atoms with Crippen molar-refractivity contribution < 1.29 is 9.53 Å². The molecule has 0 aromatic carbocycles. The molecule has 0 saturated carbocycles. The lowest BCUT2D eigenvalue weighted by Crippen LogP contribution is -2.37. The number of hydrogen-bond acceptors (Lipinski definition) is 6. The van der Waals surface area contributed by atoms with Crippen LogP contribution in [-0.4, -0.2) is 52.1 Å². The summed E-state index contributed by atoms with van der Waals surface area (Å²) in [6.45, 7) is 1.44. The number of nitrogens with zero attached hydrogens (tertiary/aromatic N) is 4. The highest BCUT2D eigenvalue weighted by Gasteiger charge is 2.26. The summed E-state index contributed by atoms with van der Waals surface area (Å²) in [4.78, 5) is 30.9. The van der Waals surface area contributed by atoms with Gasteiger partial charge < -0.3 is 19.9 Å². The number of aromatic amines is 1. The largest absolute Gasteiger partial charge is 0.481 e. The third-order valence-corrected chi connectivity index (χ3v) is 4.49. The Bertz CT molecular complexity index is 927. The Kier molecular flexibility index (Phi) is 4.69. The van der Waals surface area contributed by atoms with Crippen molar-refractivity contribution in [2.75, 3.05) is 25.1 Å². The molecule has 2 N–H and O–H groups in total. The molecule has 1 saturated heterocycles. The first-order valence-corrected chi connectivity index (χ1v) is 8.76. The smallest absolute Gasteiger partial charge is 0.270 e. The van der Waals surface area contributed by atoms with E-state index in [1.54, 1.807) is 24.4 Å². The fourth-order valence-corrected chi connectivity index (χ4v) is 3.11. The highest BCUT2D eigenvalue weighted by molar-refractivity contribution is 5.92. The van der Waals surface area contributed by atoms with Gasteiger partial charge in [0, 0.05) is 37.6 Å². The first kappa shape index (κ1) is 17.0. The van der Waals surface area contributed by atoms with Gasteiger partial charge in [0.1, 0.15) is 5.69 Å². The summed E-state index contributed by atoms with van der Waals surface area (Å²) in [5, 5.41) is 3.03. The van der Waals surface area contributed by atoms with Gasteiger partial charge in [0.25, 0.3) is 5.91 Å². The first-order chi connectivity index (χ1) is 13.2. The Morgan fingerprint density at radius 2 is 2.19 bits per heavy atom. The Morgan fingerprint density at radius 1 is 1.26 bits per heavy atom. The van der Waals surface area contributed by atoms with Crippen molar-refractivity contribution in [2.24, 2.45) is 0 Å². The van der Waals surface area contributed by atoms with Gasteiger partial charge >= 0.3 is 0 Å². The second-order valence-electron chi connectivity index (χ2n) is 6.30. The number of nitrogens with one attached hydrogen (secondary N) is 2. The number of methoxy groups -OCH3 is 1. The lowest BCUT2D eigenvalue weighted by molar-refractivity contribution is 0.0934. The predicted octanol–water partition coefficient (Wildman–Crippen LogP) is 1.88. The zero-order valence-corrected chi connectivity index (χ0v) is 14.9. The second kappa shape index (κ2) is 7.45. The summed E-state index contributed by atoms with van der Waals surface area (Å²) in [6, 6.07) is 10.9. The first-order valence-electron chi connectivity index (χ1n) is 8.76. The number of pyridine rings is 1. The van der Waals surface area contributed by atoms with Gasteiger partial charge in [-0.2, -0.15) is 0 Å². The van der Waals surface area contributed by atoms with Crippen molar-refractivity contribution in [2.45, 2.75) is 12.5 Å². The Hall–Kier alpha value is -3.42. The van der Waals surface area contributed by atoms with E-state index < -0.39 is 0 Å². The molecule has 3 aromatic rings. The van der Waals surface area contributed by atoms with Gasteiger partial charge in [-0.25, -0.2) is 15.0 Å². The molecule has 0 bridgehead atoms. The minimum absolute atomic E-state index is 0.0169. The molecule has 8 nitrogen and oxygen atoms in total. The second-order valence-corrected chi connectivity index (χ2v) is 6.30. The van der Waals surface area contributed by atoms with Crippen molar-refractivity contribution in [1.82, 2.24) is 25.3 Å². The van der Waals surface area contributed by atoms with Gasteiger partial charge in [-0.05, 0) is 30.7 Å². The Morgan fingerprint density at radius 3 is 3.00 bits per heavy atom. The van der Waals surface area contributed by atoms with Gasteiger partial charge in [0.05, 0.1) is 18.5 Å². The van der Waals surface area contributed by atoms with E-state index in [2.05, 4.69) is 30.2 Å². The fourth-order valence-electron chi connectivity index (χ4n) is 3.11. The van der Waals surface area contributed by atoms with Crippen LogP contribution in [0.1, 0.15) is 16.9 Å². The van der Waals surface area contributed by atoms with Crippen LogP contribution in [0.15, 0.2) is 48.8 Å². The summed E-state index contributed by atoms with van der Waals surface area (Å²) in [5.41, 5.74) is 2.14. The third-order valence-electron chi connectivity index (χ3n) is 4.49. The van der Waals surface area contributed by atoms with Crippen LogP contribution in [0.25, 0.3) is 11.4 Å². The molecule has 1 atom stereocenters. The highest BCUT2D eigenvalue weighted by Crippen LogP contribution is 2.20. The quantitative estimate of drug-likeness (QED) is 0.718. The minimum Gasteiger partial charge on any atom is -0.481 e. The van der Waals surface area contributed by atoms with Crippen LogP contribution < -0.4 is 15.0 Å². The van der Waals surface area contributed by atoms with E-state index in [-0.39, 0.29) is 11.9 Å². The van der Waals surface area contributed by atoms with Crippen molar-refractivity contribution in [3.05, 3.63) is 54.5 Å². The lowest BCUT2D eigenvalue weighted by Gasteiger charge is -2.17. The average molecular weight is 364 g/mol. The molecule has 1 aliphatic heterocycles. The van der Waals surface area contributed by atoms with Crippen LogP contribution in [0.5, 0.6) is 5.88 Å². The van der Waals surface area contributed by atoms with Gasteiger partial charge in [-0.15, -0.1) is 0 Å². The van der Waals surface area contributed by atoms with Crippen LogP contribution in [-0.2, 0) is 0 Å². The number of carbonyl (C=O) groups is 1. The summed E-state index contributed by atoms with van der Waals surface area (Å²) in [6.07, 6.45) is 4.45. The van der Waals surface area contributed by atoms with E-state index in [4.69, 9.17) is 4.74 Å². The molecule has 138 valence electrons. The molecule has 0 aliphatic carbocycles. The molecule has 1 aliphatic rings. The van der Waals surface area contributed by atoms with Crippen molar-refractivity contribution in [3.8, 4) is 17.3 Å². The SMILES string of the molecule is COc1cccc(C(=O)NC2CCN(c3nccc(-c4ccc[nH]4)n3)C2)n1. The molecule has 3 aromatic heterocycles. The maximum Gasteiger partial charge on any atom is 0.270 e. The Labute approximate surface area is 156 Å². The van der Waals surface area contributed by atoms with Gasteiger partial charge in [0.15, 0.2) is 0 Å². The van der Waals surface area contributed by atoms with Crippen molar-refractivity contribution >= 4 is 11.9 Å². The minimum atomic E-state index is -0.207. The van der Waals surface area contributed by atoms with Crippen LogP contribution in [0.3, 0.4) is 0 Å². The molecule has 8 heteroatoms. The predicted molar refractivity (Wildman–Crippen MR) is 101 cm³/mol. The standard InChI is InChI=1S/C19H20N6O2/c1-27-17-6-2-4-16(23-17)18(26)22-13-8-11-25(12-13)19-21-10-7-15(24-19)14-5-3-9-20-14/h2-7,9-10,13,20H,8,11-12H2,1H3,(H,22,26). The van der Waals surface area contributed by atoms with Crippen molar-refractivity contribution in [1.29, 1.82) is 0 Å².